The molecule has 0 aromatic rings. The molecule has 0 aliphatic rings. The van der Waals surface area contributed by atoms with E-state index in [1.807, 2.05) is 0 Å². The molecule has 0 saturated carbocycles. The van der Waals surface area contributed by atoms with E-state index in [1.54, 1.807) is 0 Å². The second-order valence-corrected chi connectivity index (χ2v) is 4.26. The molecule has 9 nitrogen and oxygen atoms in total. The minimum atomic E-state index is -2.61. The predicted molar refractivity (Wildman–Crippen MR) is 62.6 cm³/mol. The van der Waals surface area contributed by atoms with Crippen LogP contribution in [0.4, 0.5) is 0 Å². The normalized spacial score (nSPS) is 12.4. The number of hydrogen-bond acceptors (Lipinski definition) is 6. The lowest BCUT2D eigenvalue weighted by molar-refractivity contribution is -0.138. The van der Waals surface area contributed by atoms with Gasteiger partial charge in [-0.3, -0.25) is 13.9 Å². The SMILES string of the molecule is C[S+]([O-])CC[C@H](N)C(=O)O.N.N.O=S(O)O. The summed E-state index contributed by atoms with van der Waals surface area (Å²) in [6.07, 6.45) is 1.80. The molecule has 1 unspecified atom stereocenters. The van der Waals surface area contributed by atoms with Crippen molar-refractivity contribution in [3.63, 3.8) is 0 Å². The van der Waals surface area contributed by atoms with Gasteiger partial charge in [-0.15, -0.1) is 0 Å². The van der Waals surface area contributed by atoms with Gasteiger partial charge in [-0.25, -0.2) is 0 Å². The Hall–Kier alpha value is -0.270. The Morgan fingerprint density at radius 1 is 1.50 bits per heavy atom. The van der Waals surface area contributed by atoms with Crippen LogP contribution in [0.2, 0.25) is 0 Å². The van der Waals surface area contributed by atoms with Crippen molar-refractivity contribution in [1.82, 2.24) is 12.3 Å². The van der Waals surface area contributed by atoms with Crippen molar-refractivity contribution in [3.8, 4) is 0 Å². The lowest BCUT2D eigenvalue weighted by Gasteiger charge is -2.06. The molecule has 0 heterocycles. The number of nitrogens with two attached hydrogens (primary N) is 1. The smallest absolute Gasteiger partial charge is 0.320 e. The van der Waals surface area contributed by atoms with E-state index < -0.39 is 34.5 Å². The fourth-order valence-electron chi connectivity index (χ4n) is 0.416. The van der Waals surface area contributed by atoms with Crippen molar-refractivity contribution in [2.45, 2.75) is 12.5 Å². The zero-order valence-corrected chi connectivity index (χ0v) is 10.5. The van der Waals surface area contributed by atoms with Gasteiger partial charge in [-0.1, -0.05) is 11.2 Å². The van der Waals surface area contributed by atoms with Crippen LogP contribution < -0.4 is 18.0 Å². The molecule has 0 fully saturated rings. The number of hydrogen-bond donors (Lipinski definition) is 6. The van der Waals surface area contributed by atoms with E-state index in [0.29, 0.717) is 5.75 Å². The van der Waals surface area contributed by atoms with Gasteiger partial charge in [0.1, 0.15) is 11.8 Å². The first-order valence-electron chi connectivity index (χ1n) is 3.35. The molecule has 0 rings (SSSR count). The van der Waals surface area contributed by atoms with E-state index in [0.717, 1.165) is 0 Å². The molecule has 2 atom stereocenters. The van der Waals surface area contributed by atoms with Crippen LogP contribution in [0.25, 0.3) is 0 Å². The van der Waals surface area contributed by atoms with E-state index in [4.69, 9.17) is 24.2 Å². The highest BCUT2D eigenvalue weighted by Gasteiger charge is 2.12. The third kappa shape index (κ3) is 29.2. The summed E-state index contributed by atoms with van der Waals surface area (Å²) in [4.78, 5) is 10.1. The second kappa shape index (κ2) is 14.7. The van der Waals surface area contributed by atoms with Crippen molar-refractivity contribution >= 4 is 28.5 Å². The molecule has 16 heavy (non-hydrogen) atoms. The zero-order chi connectivity index (χ0) is 11.7. The molecule has 0 aliphatic carbocycles. The summed E-state index contributed by atoms with van der Waals surface area (Å²) in [6, 6.07) is -0.871. The Bertz CT molecular complexity index is 189. The average molecular weight is 281 g/mol. The summed E-state index contributed by atoms with van der Waals surface area (Å²) in [7, 11) is 0. The van der Waals surface area contributed by atoms with E-state index in [-0.39, 0.29) is 18.7 Å². The Balaban J connectivity index is -0.000000105. The van der Waals surface area contributed by atoms with Gasteiger partial charge in [0.25, 0.3) is 11.4 Å². The summed E-state index contributed by atoms with van der Waals surface area (Å²) < 4.78 is 33.3. The zero-order valence-electron chi connectivity index (χ0n) is 8.87. The molecule has 11 heteroatoms. The first-order chi connectivity index (χ1) is 6.27. The molecule has 11 N–H and O–H groups in total. The van der Waals surface area contributed by atoms with Crippen LogP contribution in [-0.2, 0) is 27.3 Å². The quantitative estimate of drug-likeness (QED) is 0.279. The van der Waals surface area contributed by atoms with Crippen molar-refractivity contribution in [1.29, 1.82) is 0 Å². The van der Waals surface area contributed by atoms with Crippen molar-refractivity contribution in [2.24, 2.45) is 5.73 Å². The van der Waals surface area contributed by atoms with E-state index in [1.165, 1.54) is 6.26 Å². The summed E-state index contributed by atoms with van der Waals surface area (Å²) in [5.74, 6) is -0.682. The van der Waals surface area contributed by atoms with Crippen LogP contribution in [0.15, 0.2) is 0 Å². The van der Waals surface area contributed by atoms with Gasteiger partial charge in [0, 0.05) is 6.42 Å². The van der Waals surface area contributed by atoms with Crippen LogP contribution in [0.5, 0.6) is 0 Å². The minimum Gasteiger partial charge on any atom is -0.617 e. The maximum Gasteiger partial charge on any atom is 0.320 e. The number of carboxylic acids is 1. The fraction of sp³-hybridized carbons (Fsp3) is 0.800. The highest BCUT2D eigenvalue weighted by Crippen LogP contribution is 1.93. The molecular weight excluding hydrogens is 262 g/mol. The first-order valence-corrected chi connectivity index (χ1v) is 6.14. The van der Waals surface area contributed by atoms with Gasteiger partial charge >= 0.3 is 5.97 Å². The highest BCUT2D eigenvalue weighted by atomic mass is 32.2. The van der Waals surface area contributed by atoms with Crippen LogP contribution in [0.3, 0.4) is 0 Å². The van der Waals surface area contributed by atoms with Gasteiger partial charge in [0.15, 0.2) is 0 Å². The summed E-state index contributed by atoms with van der Waals surface area (Å²) in [5.41, 5.74) is 5.13. The maximum absolute atomic E-state index is 10.4. The fourth-order valence-corrected chi connectivity index (χ4v) is 1.00. The van der Waals surface area contributed by atoms with E-state index >= 15 is 0 Å². The monoisotopic (exact) mass is 281 g/mol. The molecule has 0 saturated heterocycles. The van der Waals surface area contributed by atoms with Crippen LogP contribution in [-0.4, -0.2) is 47.0 Å². The van der Waals surface area contributed by atoms with Crippen molar-refractivity contribution < 1.29 is 27.8 Å². The van der Waals surface area contributed by atoms with Gasteiger partial charge in [0.2, 0.25) is 0 Å². The molecule has 0 aliphatic heterocycles. The number of rotatable bonds is 4. The Morgan fingerprint density at radius 2 is 1.81 bits per heavy atom. The second-order valence-electron chi connectivity index (χ2n) is 2.24. The van der Waals surface area contributed by atoms with Crippen molar-refractivity contribution in [2.75, 3.05) is 12.0 Å². The molecule has 102 valence electrons. The van der Waals surface area contributed by atoms with Crippen LogP contribution in [0.1, 0.15) is 6.42 Å². The topological polar surface area (TPSA) is 214 Å². The third-order valence-corrected chi connectivity index (χ3v) is 1.84. The third-order valence-electron chi connectivity index (χ3n) is 1.03. The number of carboxylic acid groups (broad SMARTS) is 1. The van der Waals surface area contributed by atoms with Crippen LogP contribution in [0, 0.1) is 0 Å². The number of carbonyl (C=O) groups is 1. The van der Waals surface area contributed by atoms with Gasteiger partial charge in [-0.05, 0) is 0 Å². The molecule has 0 aromatic carbocycles. The van der Waals surface area contributed by atoms with E-state index in [9.17, 15) is 9.35 Å². The maximum atomic E-state index is 10.4. The van der Waals surface area contributed by atoms with Gasteiger partial charge in [-0.2, -0.15) is 4.21 Å². The molecule has 0 amide bonds. The van der Waals surface area contributed by atoms with Gasteiger partial charge < -0.3 is 27.7 Å². The predicted octanol–water partition coefficient (Wildman–Crippen LogP) is -0.828. The highest BCUT2D eigenvalue weighted by molar-refractivity contribution is 7.90. The van der Waals surface area contributed by atoms with Crippen molar-refractivity contribution in [3.05, 3.63) is 0 Å². The molecule has 0 bridgehead atoms. The lowest BCUT2D eigenvalue weighted by Crippen LogP contribution is -2.32. The largest absolute Gasteiger partial charge is 0.617 e. The molecular formula is C5H19N3O6S2. The Labute approximate surface area is 99.2 Å². The molecule has 0 aromatic heterocycles. The van der Waals surface area contributed by atoms with Crippen LogP contribution >= 0.6 is 0 Å². The minimum absolute atomic E-state index is 0. The molecule has 0 spiro atoms. The summed E-state index contributed by atoms with van der Waals surface area (Å²) in [5, 5.41) is 8.27. The Morgan fingerprint density at radius 3 is 2.00 bits per heavy atom. The number of aliphatic carboxylic acids is 1. The lowest BCUT2D eigenvalue weighted by atomic mass is 10.2. The van der Waals surface area contributed by atoms with Gasteiger partial charge in [0.05, 0.1) is 6.26 Å². The van der Waals surface area contributed by atoms with E-state index in [2.05, 4.69) is 0 Å². The average Bonchev–Trinajstić information content (AvgIpc) is 1.98. The molecule has 0 radical (unpaired) electrons. The first kappa shape index (κ1) is 24.8. The Kier molecular flexibility index (Phi) is 22.8. The summed E-state index contributed by atoms with van der Waals surface area (Å²) in [6.45, 7) is 0. The standard InChI is InChI=1S/C5H11NO3S.2H3N.H2O3S/c1-10(9)3-2-4(6)5(7)8;;;1-4(2)3/h4H,2-3,6H2,1H3,(H,7,8);2*1H3;(H2,1,2,3)/t4-,10?;;;/m0.../s1. The summed E-state index contributed by atoms with van der Waals surface area (Å²) >= 11 is -3.56.